The highest BCUT2D eigenvalue weighted by Gasteiger charge is 2.38. The Bertz CT molecular complexity index is 1070. The molecule has 8 nitrogen and oxygen atoms in total. The second kappa shape index (κ2) is 11.7. The lowest BCUT2D eigenvalue weighted by Crippen LogP contribution is -3.12. The number of fused-ring (bicyclic) bond motifs is 1. The van der Waals surface area contributed by atoms with E-state index in [1.54, 1.807) is 0 Å². The third kappa shape index (κ3) is 7.60. The van der Waals surface area contributed by atoms with Gasteiger partial charge in [0.05, 0.1) is 38.7 Å². The van der Waals surface area contributed by atoms with Crippen molar-refractivity contribution in [3.05, 3.63) is 35.9 Å². The van der Waals surface area contributed by atoms with Crippen LogP contribution in [0.4, 0.5) is 22.0 Å². The average Bonchev–Trinajstić information content (AvgIpc) is 3.23. The summed E-state index contributed by atoms with van der Waals surface area (Å²) in [5.74, 6) is -4.91. The predicted octanol–water partition coefficient (Wildman–Crippen LogP) is 0.539. The van der Waals surface area contributed by atoms with Crippen molar-refractivity contribution in [3.8, 4) is 0 Å². The molecule has 1 aliphatic carbocycles. The molecule has 0 bridgehead atoms. The van der Waals surface area contributed by atoms with E-state index in [0.29, 0.717) is 31.9 Å². The molecule has 0 spiro atoms. The van der Waals surface area contributed by atoms with Crippen molar-refractivity contribution < 1.29 is 51.1 Å². The quantitative estimate of drug-likeness (QED) is 0.320. The lowest BCUT2D eigenvalue weighted by atomic mass is 9.74. The summed E-state index contributed by atoms with van der Waals surface area (Å²) in [6.07, 6.45) is 1.72. The third-order valence-electron chi connectivity index (χ3n) is 7.11. The number of imidazole rings is 1. The number of alkyl halides is 5. The van der Waals surface area contributed by atoms with E-state index in [1.807, 2.05) is 28.8 Å². The summed E-state index contributed by atoms with van der Waals surface area (Å²) in [7, 11) is 0. The summed E-state index contributed by atoms with van der Waals surface area (Å²) in [6, 6.07) is 5.67. The van der Waals surface area contributed by atoms with Crippen LogP contribution in [0.3, 0.4) is 0 Å². The topological polar surface area (TPSA) is 114 Å². The molecule has 0 unspecified atom stereocenters. The number of H-pyrrole nitrogens is 1. The van der Waals surface area contributed by atoms with Gasteiger partial charge in [0, 0.05) is 12.0 Å². The number of aromatic nitrogens is 2. The molecular weight excluding hydrogens is 503 g/mol. The maximum absolute atomic E-state index is 13.5. The third-order valence-corrected chi connectivity index (χ3v) is 7.11. The number of aliphatic carboxylic acids is 1. The maximum Gasteiger partial charge on any atom is 0.430 e. The van der Waals surface area contributed by atoms with Gasteiger partial charge in [-0.1, -0.05) is 25.3 Å². The first-order valence-corrected chi connectivity index (χ1v) is 12.3. The van der Waals surface area contributed by atoms with Crippen molar-refractivity contribution in [2.45, 2.75) is 63.6 Å². The van der Waals surface area contributed by atoms with Crippen molar-refractivity contribution in [1.82, 2.24) is 10.3 Å². The number of rotatable bonds is 6. The van der Waals surface area contributed by atoms with Crippen LogP contribution in [-0.2, 0) is 11.3 Å². The van der Waals surface area contributed by atoms with Gasteiger partial charge in [-0.2, -0.15) is 17.6 Å². The number of nitrogens with one attached hydrogen (secondary N) is 3. The number of carboxylic acids is 1. The molecule has 0 atom stereocenters. The minimum absolute atomic E-state index is 0.0850. The fraction of sp³-hybridized carbons (Fsp3) is 0.625. The van der Waals surface area contributed by atoms with Gasteiger partial charge in [0.1, 0.15) is 5.97 Å². The van der Waals surface area contributed by atoms with Gasteiger partial charge in [-0.3, -0.25) is 4.79 Å². The number of hydrogen-bond donors (Lipinski definition) is 4. The van der Waals surface area contributed by atoms with Crippen LogP contribution < -0.4 is 19.7 Å². The molecule has 1 saturated heterocycles. The van der Waals surface area contributed by atoms with E-state index in [1.165, 1.54) is 6.42 Å². The Labute approximate surface area is 210 Å². The van der Waals surface area contributed by atoms with Crippen molar-refractivity contribution >= 4 is 17.4 Å². The molecule has 2 fully saturated rings. The number of nitrogens with zero attached hydrogens (tertiary/aromatic N) is 1. The molecule has 0 aromatic carbocycles. The number of aliphatic hydroxyl groups is 1. The number of halogens is 5. The fourth-order valence-corrected chi connectivity index (χ4v) is 4.88. The molecule has 1 saturated carbocycles. The van der Waals surface area contributed by atoms with Crippen LogP contribution in [0.2, 0.25) is 0 Å². The average molecular weight is 536 g/mol. The Morgan fingerprint density at radius 1 is 1.11 bits per heavy atom. The van der Waals surface area contributed by atoms with E-state index >= 15 is 0 Å². The highest BCUT2D eigenvalue weighted by Crippen LogP contribution is 2.35. The number of carbonyl (C=O) groups is 2. The number of likely N-dealkylation sites (tertiary alicyclic amines) is 1. The molecule has 13 heteroatoms. The molecule has 4 rings (SSSR count). The minimum atomic E-state index is -5.19. The Kier molecular flexibility index (Phi) is 9.11. The predicted molar refractivity (Wildman–Crippen MR) is 119 cm³/mol. The number of pyridine rings is 1. The molecule has 0 radical (unpaired) electrons. The lowest BCUT2D eigenvalue weighted by molar-refractivity contribution is -0.927. The van der Waals surface area contributed by atoms with Gasteiger partial charge < -0.3 is 25.2 Å². The van der Waals surface area contributed by atoms with Gasteiger partial charge in [-0.05, 0) is 25.0 Å². The van der Waals surface area contributed by atoms with E-state index in [9.17, 15) is 31.9 Å². The molecule has 37 heavy (non-hydrogen) atoms. The van der Waals surface area contributed by atoms with E-state index in [2.05, 4.69) is 10.3 Å². The van der Waals surface area contributed by atoms with E-state index in [0.717, 1.165) is 41.9 Å². The lowest BCUT2D eigenvalue weighted by Gasteiger charge is -2.35. The van der Waals surface area contributed by atoms with Gasteiger partial charge in [0.2, 0.25) is 5.69 Å². The molecule has 206 valence electrons. The van der Waals surface area contributed by atoms with E-state index in [-0.39, 0.29) is 30.8 Å². The molecular formula is C24H32F5N4O4+. The van der Waals surface area contributed by atoms with Crippen LogP contribution in [0.15, 0.2) is 24.4 Å². The number of quaternary nitrogens is 1. The molecule has 1 amide bonds. The zero-order valence-electron chi connectivity index (χ0n) is 20.3. The zero-order chi connectivity index (χ0) is 27.3. The van der Waals surface area contributed by atoms with Crippen LogP contribution in [0.1, 0.15) is 61.3 Å². The largest absolute Gasteiger partial charge is 0.542 e. The Balaban J connectivity index is 0.000000479. The van der Waals surface area contributed by atoms with Crippen LogP contribution in [0.5, 0.6) is 0 Å². The van der Waals surface area contributed by atoms with Crippen molar-refractivity contribution in [2.24, 2.45) is 5.41 Å². The Hall–Kier alpha value is -2.80. The number of aromatic amines is 1. The molecule has 2 aromatic rings. The van der Waals surface area contributed by atoms with Gasteiger partial charge in [-0.25, -0.2) is 13.8 Å². The number of aliphatic hydroxyl groups excluding tert-OH is 1. The van der Waals surface area contributed by atoms with E-state index < -0.39 is 18.1 Å². The zero-order valence-corrected chi connectivity index (χ0v) is 20.3. The standard InChI is InChI=1S/C22H30F2N4O2.C2HF3O2/c23-22(24)9-12-27(13-10-22)14-18-26-19(17-6-2-5-11-28(17)18)20(30)25-15-21(16-29)7-3-1-4-8-21;3-2(4,5)1(6)7/h2,5-6,11,29H,1,3-4,7-10,12-16H2,(H,25,30);(H,6,7)/p+1. The number of amides is 1. The van der Waals surface area contributed by atoms with Crippen molar-refractivity contribution in [2.75, 3.05) is 26.2 Å². The Morgan fingerprint density at radius 3 is 2.30 bits per heavy atom. The summed E-state index contributed by atoms with van der Waals surface area (Å²) >= 11 is 0. The number of piperidine rings is 1. The SMILES string of the molecule is O=C(NCC1(CO)CCCCC1)c1[nH]c(C[NH+]2CCC(F)(F)CC2)[n+]2ccccc12.O=C([O-])C(F)(F)F. The molecule has 2 aromatic heterocycles. The summed E-state index contributed by atoms with van der Waals surface area (Å²) in [5.41, 5.74) is 1.03. The first kappa shape index (κ1) is 28.8. The van der Waals surface area contributed by atoms with Crippen LogP contribution in [0, 0.1) is 5.41 Å². The second-order valence-electron chi connectivity index (χ2n) is 9.87. The molecule has 4 N–H and O–H groups in total. The fourth-order valence-electron chi connectivity index (χ4n) is 4.88. The maximum atomic E-state index is 13.5. The van der Waals surface area contributed by atoms with Crippen LogP contribution in [-0.4, -0.2) is 60.3 Å². The van der Waals surface area contributed by atoms with Gasteiger partial charge >= 0.3 is 12.0 Å². The second-order valence-corrected chi connectivity index (χ2v) is 9.87. The summed E-state index contributed by atoms with van der Waals surface area (Å²) in [4.78, 5) is 26.1. The highest BCUT2D eigenvalue weighted by molar-refractivity contribution is 5.97. The summed E-state index contributed by atoms with van der Waals surface area (Å²) < 4.78 is 60.5. The molecule has 2 aliphatic rings. The highest BCUT2D eigenvalue weighted by atomic mass is 19.4. The smallest absolute Gasteiger partial charge is 0.430 e. The van der Waals surface area contributed by atoms with Gasteiger partial charge in [0.15, 0.2) is 12.1 Å². The number of carboxylic acid groups (broad SMARTS) is 1. The first-order chi connectivity index (χ1) is 17.4. The number of hydrogen-bond acceptors (Lipinski definition) is 4. The monoisotopic (exact) mass is 535 g/mol. The van der Waals surface area contributed by atoms with Crippen molar-refractivity contribution in [1.29, 1.82) is 0 Å². The van der Waals surface area contributed by atoms with Gasteiger partial charge in [-0.15, -0.1) is 0 Å². The van der Waals surface area contributed by atoms with Crippen molar-refractivity contribution in [3.63, 3.8) is 0 Å². The van der Waals surface area contributed by atoms with Gasteiger partial charge in [0.25, 0.3) is 11.8 Å². The van der Waals surface area contributed by atoms with Crippen LogP contribution >= 0.6 is 0 Å². The normalized spacial score (nSPS) is 19.6. The summed E-state index contributed by atoms with van der Waals surface area (Å²) in [6.45, 7) is 1.95. The van der Waals surface area contributed by atoms with Crippen LogP contribution in [0.25, 0.3) is 5.52 Å². The first-order valence-electron chi connectivity index (χ1n) is 12.3. The minimum Gasteiger partial charge on any atom is -0.542 e. The Morgan fingerprint density at radius 2 is 1.73 bits per heavy atom. The van der Waals surface area contributed by atoms with E-state index in [4.69, 9.17) is 9.90 Å². The number of carbonyl (C=O) groups excluding carboxylic acids is 2. The molecule has 3 heterocycles. The molecule has 1 aliphatic heterocycles. The summed E-state index contributed by atoms with van der Waals surface area (Å²) in [5, 5.41) is 21.7.